The molecule has 9 aromatic carbocycles. The minimum atomic E-state index is 0.420. The number of rotatable bonds is 8. The lowest BCUT2D eigenvalue weighted by Crippen LogP contribution is -2.10. The van der Waals surface area contributed by atoms with Gasteiger partial charge in [-0.2, -0.15) is 0 Å². The van der Waals surface area contributed by atoms with E-state index in [0.717, 1.165) is 62.5 Å². The fourth-order valence-electron chi connectivity index (χ4n) is 9.07. The van der Waals surface area contributed by atoms with Crippen LogP contribution in [-0.2, 0) is 6.42 Å². The van der Waals surface area contributed by atoms with Gasteiger partial charge in [0.2, 0.25) is 0 Å². The Labute approximate surface area is 350 Å². The first-order valence-corrected chi connectivity index (χ1v) is 20.8. The van der Waals surface area contributed by atoms with Gasteiger partial charge in [-0.25, -0.2) is 0 Å². The fraction of sp³-hybridized carbons (Fsp3) is 0.0526. The van der Waals surface area contributed by atoms with Crippen molar-refractivity contribution in [2.45, 2.75) is 13.3 Å². The molecule has 10 aromatic rings. The highest BCUT2D eigenvalue weighted by Crippen LogP contribution is 2.47. The number of nitrogens with zero attached hydrogens (tertiary/aromatic N) is 2. The summed E-state index contributed by atoms with van der Waals surface area (Å²) in [5, 5.41) is 4.69. The number of allylic oxidation sites excluding steroid dienone is 1. The molecule has 0 spiro atoms. The van der Waals surface area contributed by atoms with Crippen molar-refractivity contribution in [3.63, 3.8) is 0 Å². The minimum absolute atomic E-state index is 0.420. The molecule has 1 unspecified atom stereocenters. The Morgan fingerprint density at radius 2 is 0.850 bits per heavy atom. The minimum Gasteiger partial charge on any atom is -0.455 e. The molecule has 0 bridgehead atoms. The Morgan fingerprint density at radius 3 is 1.38 bits per heavy atom. The Hall–Kier alpha value is -7.62. The highest BCUT2D eigenvalue weighted by molar-refractivity contribution is 6.20. The SMILES string of the molecule is CC1C=Cc2c(c3c4ccc(N(c5ccc(-c6ccccc6)cc5)c5ccc(-c6ccccc6)cc5)cc4oc3c3ccc(N(c4ccccc4)c4ccccc4)cc23)C1. The predicted octanol–water partition coefficient (Wildman–Crippen LogP) is 16.2. The van der Waals surface area contributed by atoms with E-state index in [0.29, 0.717) is 5.92 Å². The molecule has 60 heavy (non-hydrogen) atoms. The standard InChI is InChI=1S/C57H42N2O/c1-39-22-33-50-53-37-48(58(44-18-10-4-11-19-44)45-20-12-5-13-21-45)31-34-51(53)57-56(54(50)36-39)52-35-32-49(38-55(52)60-57)59(46-27-23-42(24-28-46)40-14-6-2-7-15-40)47-29-25-43(26-30-47)41-16-8-3-9-17-41/h2-35,37-39H,36H2,1H3. The van der Waals surface area contributed by atoms with Gasteiger partial charge in [-0.05, 0) is 130 Å². The second kappa shape index (κ2) is 15.0. The van der Waals surface area contributed by atoms with Gasteiger partial charge in [0, 0.05) is 56.3 Å². The van der Waals surface area contributed by atoms with Gasteiger partial charge in [0.1, 0.15) is 11.2 Å². The van der Waals surface area contributed by atoms with Crippen LogP contribution in [0.15, 0.2) is 217 Å². The molecule has 0 saturated heterocycles. The number of hydrogen-bond acceptors (Lipinski definition) is 3. The van der Waals surface area contributed by atoms with Crippen LogP contribution in [0.25, 0.3) is 61.0 Å². The van der Waals surface area contributed by atoms with E-state index in [9.17, 15) is 0 Å². The number of anilines is 6. The first-order valence-electron chi connectivity index (χ1n) is 20.8. The smallest absolute Gasteiger partial charge is 0.143 e. The van der Waals surface area contributed by atoms with Gasteiger partial charge in [0.25, 0.3) is 0 Å². The van der Waals surface area contributed by atoms with Crippen LogP contribution in [0.2, 0.25) is 0 Å². The molecule has 1 atom stereocenters. The Kier molecular flexibility index (Phi) is 8.86. The number of para-hydroxylation sites is 2. The largest absolute Gasteiger partial charge is 0.455 e. The Balaban J connectivity index is 1.07. The van der Waals surface area contributed by atoms with E-state index < -0.39 is 0 Å². The molecular formula is C57H42N2O. The quantitative estimate of drug-likeness (QED) is 0.153. The van der Waals surface area contributed by atoms with Crippen LogP contribution < -0.4 is 9.80 Å². The zero-order chi connectivity index (χ0) is 40.0. The summed E-state index contributed by atoms with van der Waals surface area (Å²) in [7, 11) is 0. The molecule has 0 amide bonds. The summed E-state index contributed by atoms with van der Waals surface area (Å²) < 4.78 is 7.09. The maximum Gasteiger partial charge on any atom is 0.143 e. The van der Waals surface area contributed by atoms with Crippen molar-refractivity contribution in [2.75, 3.05) is 9.80 Å². The third kappa shape index (κ3) is 6.32. The van der Waals surface area contributed by atoms with E-state index >= 15 is 0 Å². The summed E-state index contributed by atoms with van der Waals surface area (Å²) in [5.74, 6) is 0.420. The molecule has 286 valence electrons. The molecule has 1 heterocycles. The third-order valence-electron chi connectivity index (χ3n) is 12.0. The van der Waals surface area contributed by atoms with Crippen molar-refractivity contribution in [2.24, 2.45) is 5.92 Å². The molecular weight excluding hydrogens is 729 g/mol. The number of furan rings is 1. The van der Waals surface area contributed by atoms with E-state index in [2.05, 4.69) is 235 Å². The molecule has 0 fully saturated rings. The van der Waals surface area contributed by atoms with E-state index in [1.807, 2.05) is 0 Å². The highest BCUT2D eigenvalue weighted by atomic mass is 16.3. The molecule has 0 radical (unpaired) electrons. The molecule has 11 rings (SSSR count). The zero-order valence-corrected chi connectivity index (χ0v) is 33.4. The molecule has 1 aromatic heterocycles. The normalized spacial score (nSPS) is 13.4. The molecule has 3 nitrogen and oxygen atoms in total. The number of hydrogen-bond donors (Lipinski definition) is 0. The van der Waals surface area contributed by atoms with Crippen LogP contribution in [0, 0.1) is 5.92 Å². The molecule has 3 heteroatoms. The van der Waals surface area contributed by atoms with Gasteiger partial charge in [0.05, 0.1) is 0 Å². The Bertz CT molecular complexity index is 3030. The Morgan fingerprint density at radius 1 is 0.417 bits per heavy atom. The van der Waals surface area contributed by atoms with Crippen molar-refractivity contribution >= 4 is 72.9 Å². The lowest BCUT2D eigenvalue weighted by atomic mass is 9.84. The zero-order valence-electron chi connectivity index (χ0n) is 33.4. The lowest BCUT2D eigenvalue weighted by molar-refractivity contribution is 0.671. The summed E-state index contributed by atoms with van der Waals surface area (Å²) in [6.07, 6.45) is 5.65. The molecule has 0 aliphatic heterocycles. The maximum absolute atomic E-state index is 7.09. The first-order chi connectivity index (χ1) is 29.7. The summed E-state index contributed by atoms with van der Waals surface area (Å²) in [6, 6.07) is 73.7. The summed E-state index contributed by atoms with van der Waals surface area (Å²) >= 11 is 0. The maximum atomic E-state index is 7.09. The average Bonchev–Trinajstić information content (AvgIpc) is 3.70. The molecule has 1 aliphatic rings. The van der Waals surface area contributed by atoms with Crippen molar-refractivity contribution < 1.29 is 4.42 Å². The van der Waals surface area contributed by atoms with Crippen LogP contribution in [0.1, 0.15) is 18.1 Å². The van der Waals surface area contributed by atoms with Gasteiger partial charge >= 0.3 is 0 Å². The van der Waals surface area contributed by atoms with Gasteiger partial charge in [-0.1, -0.05) is 140 Å². The van der Waals surface area contributed by atoms with Gasteiger partial charge in [-0.3, -0.25) is 0 Å². The first kappa shape index (κ1) is 35.5. The van der Waals surface area contributed by atoms with E-state index in [1.54, 1.807) is 0 Å². The van der Waals surface area contributed by atoms with Gasteiger partial charge < -0.3 is 14.2 Å². The lowest BCUT2D eigenvalue weighted by Gasteiger charge is -2.26. The van der Waals surface area contributed by atoms with Crippen molar-refractivity contribution in [1.82, 2.24) is 0 Å². The summed E-state index contributed by atoms with van der Waals surface area (Å²) in [6.45, 7) is 2.31. The van der Waals surface area contributed by atoms with E-state index in [4.69, 9.17) is 4.42 Å². The van der Waals surface area contributed by atoms with Crippen molar-refractivity contribution in [3.05, 3.63) is 223 Å². The monoisotopic (exact) mass is 770 g/mol. The number of benzene rings is 9. The molecule has 0 saturated carbocycles. The average molecular weight is 771 g/mol. The predicted molar refractivity (Wildman–Crippen MR) is 253 cm³/mol. The molecule has 1 aliphatic carbocycles. The van der Waals surface area contributed by atoms with Gasteiger partial charge in [0.15, 0.2) is 0 Å². The highest BCUT2D eigenvalue weighted by Gasteiger charge is 2.25. The summed E-state index contributed by atoms with van der Waals surface area (Å²) in [4.78, 5) is 4.67. The second-order valence-corrected chi connectivity index (χ2v) is 15.8. The topological polar surface area (TPSA) is 19.6 Å². The van der Waals surface area contributed by atoms with E-state index in [1.165, 1.54) is 44.2 Å². The van der Waals surface area contributed by atoms with Crippen LogP contribution in [-0.4, -0.2) is 0 Å². The second-order valence-electron chi connectivity index (χ2n) is 15.8. The third-order valence-corrected chi connectivity index (χ3v) is 12.0. The van der Waals surface area contributed by atoms with Crippen LogP contribution in [0.4, 0.5) is 34.1 Å². The van der Waals surface area contributed by atoms with Crippen molar-refractivity contribution in [3.8, 4) is 22.3 Å². The van der Waals surface area contributed by atoms with Gasteiger partial charge in [-0.15, -0.1) is 0 Å². The molecule has 0 N–H and O–H groups in total. The van der Waals surface area contributed by atoms with Crippen LogP contribution in [0.3, 0.4) is 0 Å². The van der Waals surface area contributed by atoms with Crippen LogP contribution >= 0.6 is 0 Å². The van der Waals surface area contributed by atoms with E-state index in [-0.39, 0.29) is 0 Å². The van der Waals surface area contributed by atoms with Crippen LogP contribution in [0.5, 0.6) is 0 Å². The van der Waals surface area contributed by atoms with Crippen molar-refractivity contribution in [1.29, 1.82) is 0 Å². The fourth-order valence-corrected chi connectivity index (χ4v) is 9.07. The summed E-state index contributed by atoms with van der Waals surface area (Å²) in [5.41, 5.74) is 15.8. The number of fused-ring (bicyclic) bond motifs is 8.